The minimum Gasteiger partial charge on any atom is -0.350 e. The van der Waals surface area contributed by atoms with Crippen LogP contribution in [0.15, 0.2) is 18.2 Å². The Kier molecular flexibility index (Phi) is 8.52. The average Bonchev–Trinajstić information content (AvgIpc) is 3.11. The van der Waals surface area contributed by atoms with E-state index in [1.54, 1.807) is 6.92 Å². The molecule has 0 radical (unpaired) electrons. The number of aromatic nitrogens is 2. The summed E-state index contributed by atoms with van der Waals surface area (Å²) in [6, 6.07) is 3.76. The number of imidazole rings is 1. The zero-order valence-corrected chi connectivity index (χ0v) is 21.0. The zero-order valence-electron chi connectivity index (χ0n) is 19.5. The molecule has 0 aliphatic heterocycles. The maximum atomic E-state index is 14.8. The molecule has 3 rings (SSSR count). The van der Waals surface area contributed by atoms with Gasteiger partial charge in [0.1, 0.15) is 26.6 Å². The van der Waals surface area contributed by atoms with Crippen molar-refractivity contribution in [2.24, 2.45) is 5.92 Å². The molecular formula is C23H28ClF4N3O3S. The van der Waals surface area contributed by atoms with E-state index in [1.807, 2.05) is 0 Å². The molecule has 0 unspecified atom stereocenters. The molecule has 35 heavy (non-hydrogen) atoms. The van der Waals surface area contributed by atoms with Gasteiger partial charge in [-0.3, -0.25) is 9.36 Å². The standard InChI is InChI=1S/C23H28ClF4N3O3S/c1-3-19-30-20(22(32)29-13-15-4-7-16(8-5-15)35(2,33)34)21(24)31(19)18-9-6-14(12-17(18)25)10-11-23(26,27)28/h6,9,12,15-16H,3-5,7-8,10-11,13H2,1-2H3,(H,29,32). The molecule has 6 nitrogen and oxygen atoms in total. The number of nitrogens with one attached hydrogen (secondary N) is 1. The third-order valence-corrected chi connectivity index (χ3v) is 8.35. The second-order valence-corrected chi connectivity index (χ2v) is 11.6. The Morgan fingerprint density at radius 2 is 1.89 bits per heavy atom. The number of hydrogen-bond donors (Lipinski definition) is 1. The van der Waals surface area contributed by atoms with Gasteiger partial charge in [0, 0.05) is 25.6 Å². The molecule has 194 valence electrons. The molecule has 12 heteroatoms. The number of carbonyl (C=O) groups excluding carboxylic acids is 1. The van der Waals surface area contributed by atoms with E-state index >= 15 is 0 Å². The summed E-state index contributed by atoms with van der Waals surface area (Å²) in [5.74, 6) is -0.843. The molecule has 1 aromatic carbocycles. The van der Waals surface area contributed by atoms with Gasteiger partial charge in [0.2, 0.25) is 0 Å². The van der Waals surface area contributed by atoms with Crippen molar-refractivity contribution in [1.29, 1.82) is 0 Å². The molecule has 1 heterocycles. The summed E-state index contributed by atoms with van der Waals surface area (Å²) >= 11 is 6.42. The lowest BCUT2D eigenvalue weighted by molar-refractivity contribution is -0.134. The van der Waals surface area contributed by atoms with Crippen molar-refractivity contribution in [1.82, 2.24) is 14.9 Å². The highest BCUT2D eigenvalue weighted by Crippen LogP contribution is 2.30. The van der Waals surface area contributed by atoms with Crippen molar-refractivity contribution in [2.45, 2.75) is 63.3 Å². The predicted molar refractivity (Wildman–Crippen MR) is 125 cm³/mol. The Hall–Kier alpha value is -2.14. The monoisotopic (exact) mass is 537 g/mol. The van der Waals surface area contributed by atoms with E-state index in [2.05, 4.69) is 10.3 Å². The van der Waals surface area contributed by atoms with Crippen LogP contribution in [0.25, 0.3) is 5.69 Å². The lowest BCUT2D eigenvalue weighted by atomic mass is 9.89. The molecular weight excluding hydrogens is 510 g/mol. The number of halogens is 5. The Morgan fingerprint density at radius 1 is 1.23 bits per heavy atom. The minimum atomic E-state index is -4.34. The third kappa shape index (κ3) is 6.97. The molecule has 0 saturated heterocycles. The Morgan fingerprint density at radius 3 is 2.43 bits per heavy atom. The first-order valence-corrected chi connectivity index (χ1v) is 13.7. The largest absolute Gasteiger partial charge is 0.389 e. The summed E-state index contributed by atoms with van der Waals surface area (Å²) in [5.41, 5.74) is 0.114. The van der Waals surface area contributed by atoms with E-state index in [9.17, 15) is 30.8 Å². The smallest absolute Gasteiger partial charge is 0.350 e. The van der Waals surface area contributed by atoms with Crippen LogP contribution in [0.5, 0.6) is 0 Å². The van der Waals surface area contributed by atoms with Gasteiger partial charge in [0.15, 0.2) is 5.69 Å². The predicted octanol–water partition coefficient (Wildman–Crippen LogP) is 5.06. The number of sulfone groups is 1. The van der Waals surface area contributed by atoms with Gasteiger partial charge in [-0.15, -0.1) is 0 Å². The number of amides is 1. The van der Waals surface area contributed by atoms with Crippen LogP contribution >= 0.6 is 11.6 Å². The van der Waals surface area contributed by atoms with Gasteiger partial charge in [0.05, 0.1) is 10.9 Å². The quantitative estimate of drug-likeness (QED) is 0.478. The maximum Gasteiger partial charge on any atom is 0.389 e. The first-order chi connectivity index (χ1) is 16.3. The van der Waals surface area contributed by atoms with Crippen molar-refractivity contribution in [3.05, 3.63) is 46.3 Å². The van der Waals surface area contributed by atoms with Crippen LogP contribution in [-0.4, -0.2) is 48.1 Å². The summed E-state index contributed by atoms with van der Waals surface area (Å²) < 4.78 is 77.0. The van der Waals surface area contributed by atoms with Crippen molar-refractivity contribution in [3.63, 3.8) is 0 Å². The van der Waals surface area contributed by atoms with Crippen molar-refractivity contribution in [2.75, 3.05) is 12.8 Å². The maximum absolute atomic E-state index is 14.8. The number of nitrogens with zero attached hydrogens (tertiary/aromatic N) is 2. The molecule has 1 saturated carbocycles. The van der Waals surface area contributed by atoms with E-state index in [4.69, 9.17) is 11.6 Å². The van der Waals surface area contributed by atoms with Crippen molar-refractivity contribution < 1.29 is 30.8 Å². The van der Waals surface area contributed by atoms with E-state index in [-0.39, 0.29) is 39.7 Å². The number of alkyl halides is 3. The molecule has 1 fully saturated rings. The van der Waals surface area contributed by atoms with Gasteiger partial charge >= 0.3 is 6.18 Å². The molecule has 1 amide bonds. The summed E-state index contributed by atoms with van der Waals surface area (Å²) in [7, 11) is -3.07. The molecule has 1 aromatic heterocycles. The Labute approximate surface area is 207 Å². The molecule has 1 N–H and O–H groups in total. The van der Waals surface area contributed by atoms with Crippen LogP contribution in [0.3, 0.4) is 0 Å². The fraction of sp³-hybridized carbons (Fsp3) is 0.565. The lowest BCUT2D eigenvalue weighted by Gasteiger charge is -2.27. The van der Waals surface area contributed by atoms with Gasteiger partial charge in [-0.1, -0.05) is 24.6 Å². The van der Waals surface area contributed by atoms with E-state index in [0.29, 0.717) is 44.5 Å². The highest BCUT2D eigenvalue weighted by molar-refractivity contribution is 7.91. The molecule has 1 aliphatic carbocycles. The normalized spacial score (nSPS) is 19.1. The van der Waals surface area contributed by atoms with Gasteiger partial charge < -0.3 is 5.32 Å². The summed E-state index contributed by atoms with van der Waals surface area (Å²) in [4.78, 5) is 17.1. The van der Waals surface area contributed by atoms with Crippen LogP contribution in [0.1, 0.15) is 60.9 Å². The van der Waals surface area contributed by atoms with E-state index in [0.717, 1.165) is 6.07 Å². The first kappa shape index (κ1) is 27.4. The topological polar surface area (TPSA) is 81.1 Å². The number of rotatable bonds is 8. The van der Waals surface area contributed by atoms with Gasteiger partial charge in [0.25, 0.3) is 5.91 Å². The lowest BCUT2D eigenvalue weighted by Crippen LogP contribution is -2.34. The highest BCUT2D eigenvalue weighted by Gasteiger charge is 2.29. The van der Waals surface area contributed by atoms with Crippen LogP contribution < -0.4 is 5.32 Å². The number of aryl methyl sites for hydroxylation is 2. The first-order valence-electron chi connectivity index (χ1n) is 11.4. The summed E-state index contributed by atoms with van der Waals surface area (Å²) in [6.07, 6.45) is -1.73. The van der Waals surface area contributed by atoms with Gasteiger partial charge in [-0.05, 0) is 55.7 Å². The SMILES string of the molecule is CCc1nc(C(=O)NCC2CCC(S(C)(=O)=O)CC2)c(Cl)n1-c1ccc(CCC(F)(F)F)cc1F. The fourth-order valence-electron chi connectivity index (χ4n) is 4.33. The second kappa shape index (κ2) is 10.9. The van der Waals surface area contributed by atoms with Gasteiger partial charge in [-0.25, -0.2) is 17.8 Å². The molecule has 0 atom stereocenters. The van der Waals surface area contributed by atoms with Crippen molar-refractivity contribution >= 4 is 27.3 Å². The van der Waals surface area contributed by atoms with Crippen LogP contribution in [0.4, 0.5) is 17.6 Å². The Balaban J connectivity index is 1.72. The number of hydrogen-bond acceptors (Lipinski definition) is 4. The fourth-order valence-corrected chi connectivity index (χ4v) is 5.77. The molecule has 2 aromatic rings. The Bertz CT molecular complexity index is 1170. The van der Waals surface area contributed by atoms with Crippen LogP contribution in [0.2, 0.25) is 5.15 Å². The van der Waals surface area contributed by atoms with Crippen LogP contribution in [0, 0.1) is 11.7 Å². The number of carbonyl (C=O) groups is 1. The summed E-state index contributed by atoms with van der Waals surface area (Å²) in [5, 5.41) is 2.34. The van der Waals surface area contributed by atoms with Crippen molar-refractivity contribution in [3.8, 4) is 5.69 Å². The number of benzene rings is 1. The summed E-state index contributed by atoms with van der Waals surface area (Å²) in [6.45, 7) is 2.09. The van der Waals surface area contributed by atoms with E-state index < -0.39 is 34.2 Å². The highest BCUT2D eigenvalue weighted by atomic mass is 35.5. The molecule has 1 aliphatic rings. The minimum absolute atomic E-state index is 0.00624. The van der Waals surface area contributed by atoms with E-state index in [1.165, 1.54) is 23.0 Å². The second-order valence-electron chi connectivity index (χ2n) is 8.94. The molecule has 0 bridgehead atoms. The van der Waals surface area contributed by atoms with Crippen LogP contribution in [-0.2, 0) is 22.7 Å². The third-order valence-electron chi connectivity index (χ3n) is 6.32. The van der Waals surface area contributed by atoms with Gasteiger partial charge in [-0.2, -0.15) is 13.2 Å². The average molecular weight is 538 g/mol. The molecule has 0 spiro atoms. The zero-order chi connectivity index (χ0) is 26.0.